The van der Waals surface area contributed by atoms with Gasteiger partial charge in [-0.3, -0.25) is 9.69 Å². The molecule has 6 nitrogen and oxygen atoms in total. The third-order valence-electron chi connectivity index (χ3n) is 5.52. The van der Waals surface area contributed by atoms with Crippen LogP contribution in [0, 0.1) is 18.8 Å². The second-order valence-corrected chi connectivity index (χ2v) is 8.60. The highest BCUT2D eigenvalue weighted by molar-refractivity contribution is 5.71. The molecule has 0 spiro atoms. The van der Waals surface area contributed by atoms with Crippen molar-refractivity contribution in [2.24, 2.45) is 11.8 Å². The first kappa shape index (κ1) is 23.7. The van der Waals surface area contributed by atoms with Crippen LogP contribution < -0.4 is 0 Å². The van der Waals surface area contributed by atoms with Gasteiger partial charge in [0.25, 0.3) is 5.89 Å². The van der Waals surface area contributed by atoms with Gasteiger partial charge >= 0.3 is 5.97 Å². The van der Waals surface area contributed by atoms with Crippen molar-refractivity contribution in [2.45, 2.75) is 47.6 Å². The summed E-state index contributed by atoms with van der Waals surface area (Å²) < 4.78 is 5.51. The van der Waals surface area contributed by atoms with E-state index >= 15 is 0 Å². The summed E-state index contributed by atoms with van der Waals surface area (Å²) in [6, 6.07) is 14.5. The summed E-state index contributed by atoms with van der Waals surface area (Å²) in [5.74, 6) is 0.777. The Bertz CT molecular complexity index is 1030. The number of aliphatic carboxylic acids is 1. The van der Waals surface area contributed by atoms with E-state index in [1.807, 2.05) is 45.0 Å². The molecule has 170 valence electrons. The van der Waals surface area contributed by atoms with Gasteiger partial charge in [-0.25, -0.2) is 0 Å². The molecule has 1 aliphatic heterocycles. The van der Waals surface area contributed by atoms with Crippen molar-refractivity contribution in [3.8, 4) is 22.8 Å². The van der Waals surface area contributed by atoms with Crippen LogP contribution in [0.25, 0.3) is 22.8 Å². The quantitative estimate of drug-likeness (QED) is 0.531. The van der Waals surface area contributed by atoms with Gasteiger partial charge in [0, 0.05) is 30.8 Å². The summed E-state index contributed by atoms with van der Waals surface area (Å²) in [6.45, 7) is 12.4. The van der Waals surface area contributed by atoms with Gasteiger partial charge in [0.2, 0.25) is 5.82 Å². The lowest BCUT2D eigenvalue weighted by molar-refractivity contribution is -0.147. The normalized spacial score (nSPS) is 14.1. The van der Waals surface area contributed by atoms with E-state index < -0.39 is 5.97 Å². The molecule has 0 amide bonds. The molecule has 1 fully saturated rings. The molecule has 0 bridgehead atoms. The molecule has 1 N–H and O–H groups in total. The number of carboxylic acid groups (broad SMARTS) is 1. The number of aromatic nitrogens is 2. The number of hydrogen-bond donors (Lipinski definition) is 1. The molecular formula is C26H33N3O3. The van der Waals surface area contributed by atoms with Gasteiger partial charge < -0.3 is 9.63 Å². The molecule has 2 heterocycles. The van der Waals surface area contributed by atoms with E-state index in [-0.39, 0.29) is 5.92 Å². The summed E-state index contributed by atoms with van der Waals surface area (Å²) in [5.41, 5.74) is 5.39. The molecule has 0 aliphatic carbocycles. The summed E-state index contributed by atoms with van der Waals surface area (Å²) in [4.78, 5) is 17.7. The first-order valence-corrected chi connectivity index (χ1v) is 11.4. The number of nitrogens with zero attached hydrogens (tertiary/aromatic N) is 3. The van der Waals surface area contributed by atoms with E-state index in [4.69, 9.17) is 9.63 Å². The van der Waals surface area contributed by atoms with Gasteiger partial charge in [-0.15, -0.1) is 0 Å². The van der Waals surface area contributed by atoms with Crippen LogP contribution in [0.3, 0.4) is 0 Å². The molecule has 1 aromatic heterocycles. The third kappa shape index (κ3) is 5.62. The number of carboxylic acids is 1. The Balaban J connectivity index is 0.00000141. The number of rotatable bonds is 7. The smallest absolute Gasteiger partial charge is 0.309 e. The minimum Gasteiger partial charge on any atom is -0.481 e. The Hall–Kier alpha value is -2.99. The predicted molar refractivity (Wildman–Crippen MR) is 126 cm³/mol. The molecule has 3 aromatic rings. The van der Waals surface area contributed by atoms with Gasteiger partial charge in [-0.2, -0.15) is 4.98 Å². The predicted octanol–water partition coefficient (Wildman–Crippen LogP) is 5.45. The van der Waals surface area contributed by atoms with Crippen molar-refractivity contribution < 1.29 is 14.4 Å². The lowest BCUT2D eigenvalue weighted by atomic mass is 9.98. The van der Waals surface area contributed by atoms with Crippen LogP contribution in [0.5, 0.6) is 0 Å². The Morgan fingerprint density at radius 2 is 1.78 bits per heavy atom. The summed E-state index contributed by atoms with van der Waals surface area (Å²) in [5, 5.41) is 13.2. The summed E-state index contributed by atoms with van der Waals surface area (Å²) >= 11 is 0. The van der Waals surface area contributed by atoms with Gasteiger partial charge in [0.15, 0.2) is 0 Å². The van der Waals surface area contributed by atoms with Crippen LogP contribution in [0.15, 0.2) is 47.0 Å². The zero-order valence-electron chi connectivity index (χ0n) is 19.6. The minimum absolute atomic E-state index is 0.234. The maximum atomic E-state index is 10.9. The monoisotopic (exact) mass is 435 g/mol. The largest absolute Gasteiger partial charge is 0.481 e. The van der Waals surface area contributed by atoms with Gasteiger partial charge in [0.05, 0.1) is 5.92 Å². The second-order valence-electron chi connectivity index (χ2n) is 8.60. The molecule has 6 heteroatoms. The number of carbonyl (C=O) groups is 1. The Morgan fingerprint density at radius 3 is 2.38 bits per heavy atom. The Kier molecular flexibility index (Phi) is 7.80. The minimum atomic E-state index is -0.708. The van der Waals surface area contributed by atoms with Crippen LogP contribution in [0.2, 0.25) is 0 Å². The van der Waals surface area contributed by atoms with E-state index in [0.717, 1.165) is 35.2 Å². The van der Waals surface area contributed by atoms with Crippen molar-refractivity contribution in [2.75, 3.05) is 13.1 Å². The molecule has 4 rings (SSSR count). The molecule has 0 saturated carbocycles. The van der Waals surface area contributed by atoms with Gasteiger partial charge in [0.1, 0.15) is 0 Å². The zero-order chi connectivity index (χ0) is 23.3. The van der Waals surface area contributed by atoms with Crippen molar-refractivity contribution in [1.82, 2.24) is 15.0 Å². The number of likely N-dealkylation sites (tertiary alicyclic amines) is 1. The average Bonchev–Trinajstić information content (AvgIpc) is 3.21. The van der Waals surface area contributed by atoms with E-state index in [1.165, 1.54) is 5.56 Å². The number of aryl methyl sites for hydroxylation is 1. The van der Waals surface area contributed by atoms with Crippen molar-refractivity contribution in [3.63, 3.8) is 0 Å². The highest BCUT2D eigenvalue weighted by Crippen LogP contribution is 2.27. The fourth-order valence-corrected chi connectivity index (χ4v) is 3.89. The van der Waals surface area contributed by atoms with Crippen molar-refractivity contribution >= 4 is 5.97 Å². The molecule has 0 atom stereocenters. The zero-order valence-corrected chi connectivity index (χ0v) is 19.6. The van der Waals surface area contributed by atoms with E-state index in [0.29, 0.717) is 30.7 Å². The number of hydrogen-bond acceptors (Lipinski definition) is 5. The highest BCUT2D eigenvalue weighted by atomic mass is 16.5. The van der Waals surface area contributed by atoms with Gasteiger partial charge in [-0.05, 0) is 48.1 Å². The second kappa shape index (κ2) is 10.6. The molecule has 1 aliphatic rings. The Labute approximate surface area is 190 Å². The van der Waals surface area contributed by atoms with Crippen LogP contribution in [-0.2, 0) is 17.8 Å². The van der Waals surface area contributed by atoms with Crippen molar-refractivity contribution in [1.29, 1.82) is 0 Å². The molecule has 0 unspecified atom stereocenters. The molecule has 0 radical (unpaired) electrons. The SMILES string of the molecule is CC.Cc1cc(CN2CC(C(=O)O)C2)ccc1-c1noc(-c2ccc(CC(C)C)cc2)n1. The summed E-state index contributed by atoms with van der Waals surface area (Å²) in [7, 11) is 0. The van der Waals surface area contributed by atoms with Crippen LogP contribution in [0.4, 0.5) is 0 Å². The maximum Gasteiger partial charge on any atom is 0.309 e. The first-order chi connectivity index (χ1) is 15.4. The third-order valence-corrected chi connectivity index (χ3v) is 5.52. The van der Waals surface area contributed by atoms with E-state index in [2.05, 4.69) is 47.1 Å². The summed E-state index contributed by atoms with van der Waals surface area (Å²) in [6.07, 6.45) is 1.05. The van der Waals surface area contributed by atoms with Crippen LogP contribution in [-0.4, -0.2) is 39.2 Å². The molecular weight excluding hydrogens is 402 g/mol. The number of benzene rings is 2. The molecule has 1 saturated heterocycles. The van der Waals surface area contributed by atoms with Gasteiger partial charge in [-0.1, -0.05) is 63.2 Å². The maximum absolute atomic E-state index is 10.9. The van der Waals surface area contributed by atoms with Crippen molar-refractivity contribution in [3.05, 3.63) is 59.2 Å². The lowest BCUT2D eigenvalue weighted by Gasteiger charge is -2.36. The lowest BCUT2D eigenvalue weighted by Crippen LogP contribution is -2.49. The average molecular weight is 436 g/mol. The standard InChI is InChI=1S/C24H27N3O3.C2H6/c1-15(2)10-17-4-7-19(8-5-17)23-25-22(26-30-23)21-9-6-18(11-16(21)3)12-27-13-20(14-27)24(28)29;1-2/h4-9,11,15,20H,10,12-14H2,1-3H3,(H,28,29);1-2H3. The fraction of sp³-hybridized carbons (Fsp3) is 0.423. The topological polar surface area (TPSA) is 79.5 Å². The molecule has 2 aromatic carbocycles. The van der Waals surface area contributed by atoms with E-state index in [9.17, 15) is 4.79 Å². The Morgan fingerprint density at radius 1 is 1.12 bits per heavy atom. The fourth-order valence-electron chi connectivity index (χ4n) is 3.89. The highest BCUT2D eigenvalue weighted by Gasteiger charge is 2.32. The van der Waals surface area contributed by atoms with Crippen LogP contribution >= 0.6 is 0 Å². The van der Waals surface area contributed by atoms with Crippen LogP contribution in [0.1, 0.15) is 44.4 Å². The van der Waals surface area contributed by atoms with E-state index in [1.54, 1.807) is 0 Å². The molecule has 32 heavy (non-hydrogen) atoms. The first-order valence-electron chi connectivity index (χ1n) is 11.4.